The third-order valence-corrected chi connectivity index (χ3v) is 3.47. The number of nitrogens with zero attached hydrogens (tertiary/aromatic N) is 2. The van der Waals surface area contributed by atoms with Gasteiger partial charge in [0.2, 0.25) is 0 Å². The summed E-state index contributed by atoms with van der Waals surface area (Å²) in [6.07, 6.45) is 0.937. The van der Waals surface area contributed by atoms with Crippen molar-refractivity contribution in [3.8, 4) is 0 Å². The van der Waals surface area contributed by atoms with Crippen LogP contribution in [0.4, 0.5) is 15.8 Å². The van der Waals surface area contributed by atoms with Gasteiger partial charge in [-0.1, -0.05) is 0 Å². The first kappa shape index (κ1) is 13.7. The van der Waals surface area contributed by atoms with Crippen LogP contribution in [0, 0.1) is 15.9 Å². The normalized spacial score (nSPS) is 19.9. The van der Waals surface area contributed by atoms with Gasteiger partial charge in [0, 0.05) is 25.2 Å². The fourth-order valence-corrected chi connectivity index (χ4v) is 2.37. The SMILES string of the molecule is CC(C)N1CCC(Nc2ccc(F)cc2[N+](=O)[O-])C1. The molecule has 104 valence electrons. The summed E-state index contributed by atoms with van der Waals surface area (Å²) in [5.41, 5.74) is 0.185. The van der Waals surface area contributed by atoms with E-state index >= 15 is 0 Å². The van der Waals surface area contributed by atoms with Gasteiger partial charge in [-0.05, 0) is 32.4 Å². The van der Waals surface area contributed by atoms with Crippen LogP contribution in [0.25, 0.3) is 0 Å². The van der Waals surface area contributed by atoms with Crippen LogP contribution < -0.4 is 5.32 Å². The number of nitrogens with one attached hydrogen (secondary N) is 1. The van der Waals surface area contributed by atoms with Crippen LogP contribution in [-0.2, 0) is 0 Å². The van der Waals surface area contributed by atoms with Gasteiger partial charge < -0.3 is 5.32 Å². The average molecular weight is 267 g/mol. The minimum Gasteiger partial charge on any atom is -0.375 e. The van der Waals surface area contributed by atoms with E-state index in [1.54, 1.807) is 0 Å². The molecule has 0 radical (unpaired) electrons. The van der Waals surface area contributed by atoms with E-state index < -0.39 is 10.7 Å². The van der Waals surface area contributed by atoms with Gasteiger partial charge >= 0.3 is 0 Å². The average Bonchev–Trinajstić information content (AvgIpc) is 2.80. The van der Waals surface area contributed by atoms with E-state index in [-0.39, 0.29) is 11.7 Å². The Morgan fingerprint density at radius 3 is 2.84 bits per heavy atom. The highest BCUT2D eigenvalue weighted by Crippen LogP contribution is 2.27. The van der Waals surface area contributed by atoms with Crippen LogP contribution in [0.15, 0.2) is 18.2 Å². The number of hydrogen-bond donors (Lipinski definition) is 1. The summed E-state index contributed by atoms with van der Waals surface area (Å²) in [6.45, 7) is 6.09. The summed E-state index contributed by atoms with van der Waals surface area (Å²) >= 11 is 0. The highest BCUT2D eigenvalue weighted by atomic mass is 19.1. The molecule has 0 amide bonds. The minimum absolute atomic E-state index is 0.173. The molecule has 1 N–H and O–H groups in total. The van der Waals surface area contributed by atoms with Gasteiger partial charge in [-0.2, -0.15) is 0 Å². The molecule has 0 aromatic heterocycles. The Bertz CT molecular complexity index is 479. The zero-order valence-corrected chi connectivity index (χ0v) is 11.1. The summed E-state index contributed by atoms with van der Waals surface area (Å²) in [6, 6.07) is 4.27. The van der Waals surface area contributed by atoms with Crippen molar-refractivity contribution in [2.45, 2.75) is 32.4 Å². The standard InChI is InChI=1S/C13H18FN3O2/c1-9(2)16-6-5-11(8-16)15-12-4-3-10(14)7-13(12)17(18)19/h3-4,7,9,11,15H,5-6,8H2,1-2H3. The van der Waals surface area contributed by atoms with E-state index in [1.165, 1.54) is 12.1 Å². The van der Waals surface area contributed by atoms with Crippen LogP contribution >= 0.6 is 0 Å². The van der Waals surface area contributed by atoms with Crippen molar-refractivity contribution >= 4 is 11.4 Å². The highest BCUT2D eigenvalue weighted by molar-refractivity contribution is 5.62. The molecule has 2 rings (SSSR count). The largest absolute Gasteiger partial charge is 0.375 e. The molecule has 1 heterocycles. The molecular formula is C13H18FN3O2. The topological polar surface area (TPSA) is 58.4 Å². The maximum atomic E-state index is 13.0. The van der Waals surface area contributed by atoms with E-state index in [9.17, 15) is 14.5 Å². The van der Waals surface area contributed by atoms with Crippen LogP contribution in [-0.4, -0.2) is 35.0 Å². The Morgan fingerprint density at radius 2 is 2.26 bits per heavy atom. The molecule has 0 spiro atoms. The lowest BCUT2D eigenvalue weighted by Crippen LogP contribution is -2.31. The molecule has 1 aromatic rings. The molecule has 1 unspecified atom stereocenters. The molecule has 1 aromatic carbocycles. The molecule has 0 bridgehead atoms. The maximum Gasteiger partial charge on any atom is 0.295 e. The second-order valence-corrected chi connectivity index (χ2v) is 5.14. The van der Waals surface area contributed by atoms with Crippen LogP contribution in [0.2, 0.25) is 0 Å². The fourth-order valence-electron chi connectivity index (χ4n) is 2.37. The van der Waals surface area contributed by atoms with Crippen LogP contribution in [0.1, 0.15) is 20.3 Å². The van der Waals surface area contributed by atoms with E-state index in [0.717, 1.165) is 25.6 Å². The van der Waals surface area contributed by atoms with Gasteiger partial charge in [-0.3, -0.25) is 15.0 Å². The number of rotatable bonds is 4. The third-order valence-electron chi connectivity index (χ3n) is 3.47. The molecule has 1 atom stereocenters. The van der Waals surface area contributed by atoms with Crippen molar-refractivity contribution in [3.63, 3.8) is 0 Å². The quantitative estimate of drug-likeness (QED) is 0.673. The third kappa shape index (κ3) is 3.20. The molecular weight excluding hydrogens is 249 g/mol. The predicted octanol–water partition coefficient (Wildman–Crippen LogP) is 2.63. The van der Waals surface area contributed by atoms with Crippen molar-refractivity contribution in [3.05, 3.63) is 34.1 Å². The second-order valence-electron chi connectivity index (χ2n) is 5.14. The molecule has 1 fully saturated rings. The number of benzene rings is 1. The minimum atomic E-state index is -0.590. The first-order valence-electron chi connectivity index (χ1n) is 6.42. The van der Waals surface area contributed by atoms with Gasteiger partial charge in [0.15, 0.2) is 0 Å². The number of nitro benzene ring substituents is 1. The number of halogens is 1. The van der Waals surface area contributed by atoms with Gasteiger partial charge in [0.25, 0.3) is 5.69 Å². The number of nitro groups is 1. The molecule has 1 aliphatic rings. The molecule has 6 heteroatoms. The van der Waals surface area contributed by atoms with Crippen molar-refractivity contribution in [2.75, 3.05) is 18.4 Å². The summed E-state index contributed by atoms with van der Waals surface area (Å²) < 4.78 is 13.0. The highest BCUT2D eigenvalue weighted by Gasteiger charge is 2.26. The van der Waals surface area contributed by atoms with Crippen LogP contribution in [0.3, 0.4) is 0 Å². The van der Waals surface area contributed by atoms with E-state index in [1.807, 2.05) is 0 Å². The Labute approximate surface area is 111 Å². The Hall–Kier alpha value is -1.69. The van der Waals surface area contributed by atoms with E-state index in [2.05, 4.69) is 24.1 Å². The molecule has 1 aliphatic heterocycles. The molecule has 1 saturated heterocycles. The summed E-state index contributed by atoms with van der Waals surface area (Å²) in [4.78, 5) is 12.7. The van der Waals surface area contributed by atoms with Gasteiger partial charge in [-0.15, -0.1) is 0 Å². The number of hydrogen-bond acceptors (Lipinski definition) is 4. The fraction of sp³-hybridized carbons (Fsp3) is 0.538. The lowest BCUT2D eigenvalue weighted by molar-refractivity contribution is -0.384. The predicted molar refractivity (Wildman–Crippen MR) is 71.8 cm³/mol. The number of likely N-dealkylation sites (tertiary alicyclic amines) is 1. The Balaban J connectivity index is 2.10. The van der Waals surface area contributed by atoms with Crippen molar-refractivity contribution in [2.24, 2.45) is 0 Å². The van der Waals surface area contributed by atoms with Crippen molar-refractivity contribution in [1.82, 2.24) is 4.90 Å². The molecule has 0 aliphatic carbocycles. The van der Waals surface area contributed by atoms with E-state index in [0.29, 0.717) is 11.7 Å². The van der Waals surface area contributed by atoms with Gasteiger partial charge in [0.05, 0.1) is 11.0 Å². The maximum absolute atomic E-state index is 13.0. The summed E-state index contributed by atoms with van der Waals surface area (Å²) in [7, 11) is 0. The monoisotopic (exact) mass is 267 g/mol. The van der Waals surface area contributed by atoms with E-state index in [4.69, 9.17) is 0 Å². The smallest absolute Gasteiger partial charge is 0.295 e. The molecule has 0 saturated carbocycles. The lowest BCUT2D eigenvalue weighted by atomic mass is 10.2. The summed E-state index contributed by atoms with van der Waals surface area (Å²) in [5.74, 6) is -0.590. The molecule has 19 heavy (non-hydrogen) atoms. The van der Waals surface area contributed by atoms with Crippen molar-refractivity contribution < 1.29 is 9.31 Å². The lowest BCUT2D eigenvalue weighted by Gasteiger charge is -2.20. The van der Waals surface area contributed by atoms with Gasteiger partial charge in [0.1, 0.15) is 11.5 Å². The van der Waals surface area contributed by atoms with Crippen molar-refractivity contribution in [1.29, 1.82) is 0 Å². The molecule has 5 nitrogen and oxygen atoms in total. The zero-order chi connectivity index (χ0) is 14.0. The second kappa shape index (κ2) is 5.52. The first-order valence-corrected chi connectivity index (χ1v) is 6.42. The Morgan fingerprint density at radius 1 is 1.53 bits per heavy atom. The first-order chi connectivity index (χ1) is 8.97. The summed E-state index contributed by atoms with van der Waals surface area (Å²) in [5, 5.41) is 14.1. The Kier molecular flexibility index (Phi) is 3.99. The van der Waals surface area contributed by atoms with Gasteiger partial charge in [-0.25, -0.2) is 4.39 Å². The van der Waals surface area contributed by atoms with Crippen LogP contribution in [0.5, 0.6) is 0 Å². The zero-order valence-electron chi connectivity index (χ0n) is 11.1. The number of anilines is 1.